The number of carbonyl (C=O) groups excluding carboxylic acids is 3. The number of aliphatic hydroxyl groups excluding tert-OH is 1. The van der Waals surface area contributed by atoms with E-state index in [-0.39, 0.29) is 25.0 Å². The largest absolute Gasteiger partial charge is 0.466 e. The Morgan fingerprint density at radius 2 is 2.07 bits per heavy atom. The summed E-state index contributed by atoms with van der Waals surface area (Å²) in [7, 11) is 0. The fourth-order valence-corrected chi connectivity index (χ4v) is 5.50. The van der Waals surface area contributed by atoms with Crippen LogP contribution in [0, 0.1) is 11.8 Å². The number of hydrogen-bond acceptors (Lipinski definition) is 6. The van der Waals surface area contributed by atoms with E-state index in [0.717, 1.165) is 19.3 Å². The van der Waals surface area contributed by atoms with Crippen LogP contribution in [0.4, 0.5) is 0 Å². The number of esters is 1. The van der Waals surface area contributed by atoms with Gasteiger partial charge in [0, 0.05) is 6.54 Å². The Bertz CT molecular complexity index is 670. The van der Waals surface area contributed by atoms with E-state index in [2.05, 4.69) is 12.2 Å². The van der Waals surface area contributed by atoms with Crippen molar-refractivity contribution in [3.63, 3.8) is 0 Å². The van der Waals surface area contributed by atoms with E-state index in [1.165, 1.54) is 4.90 Å². The van der Waals surface area contributed by atoms with Gasteiger partial charge in [-0.05, 0) is 40.0 Å². The second-order valence-electron chi connectivity index (χ2n) is 8.75. The van der Waals surface area contributed by atoms with Crippen molar-refractivity contribution in [2.24, 2.45) is 11.8 Å². The summed E-state index contributed by atoms with van der Waals surface area (Å²) in [6.07, 6.45) is 4.02. The summed E-state index contributed by atoms with van der Waals surface area (Å²) in [4.78, 5) is 40.9. The second-order valence-corrected chi connectivity index (χ2v) is 8.75. The molecule has 2 bridgehead atoms. The number of aliphatic hydroxyl groups is 1. The van der Waals surface area contributed by atoms with Crippen molar-refractivity contribution in [3.8, 4) is 0 Å². The van der Waals surface area contributed by atoms with Crippen molar-refractivity contribution in [2.45, 2.75) is 83.1 Å². The normalized spacial score (nSPS) is 36.2. The maximum absolute atomic E-state index is 13.5. The predicted molar refractivity (Wildman–Crippen MR) is 105 cm³/mol. The first-order chi connectivity index (χ1) is 13.8. The molecule has 8 heteroatoms. The molecule has 6 atom stereocenters. The Kier molecular flexibility index (Phi) is 6.24. The number of hydrogen-bond donors (Lipinski definition) is 2. The molecule has 3 saturated heterocycles. The van der Waals surface area contributed by atoms with Crippen molar-refractivity contribution in [3.05, 3.63) is 0 Å². The van der Waals surface area contributed by atoms with E-state index >= 15 is 0 Å². The fourth-order valence-electron chi connectivity index (χ4n) is 5.50. The smallest absolute Gasteiger partial charge is 0.312 e. The monoisotopic (exact) mass is 410 g/mol. The van der Waals surface area contributed by atoms with E-state index in [9.17, 15) is 19.5 Å². The zero-order chi connectivity index (χ0) is 21.4. The van der Waals surface area contributed by atoms with Gasteiger partial charge in [0.15, 0.2) is 0 Å². The van der Waals surface area contributed by atoms with Crippen LogP contribution in [0.2, 0.25) is 0 Å². The Morgan fingerprint density at radius 3 is 2.69 bits per heavy atom. The number of nitrogens with one attached hydrogen (secondary N) is 1. The van der Waals surface area contributed by atoms with Crippen LogP contribution in [0.15, 0.2) is 0 Å². The molecule has 3 rings (SSSR count). The van der Waals surface area contributed by atoms with Gasteiger partial charge in [-0.3, -0.25) is 14.4 Å². The van der Waals surface area contributed by atoms with Gasteiger partial charge in [0.05, 0.1) is 30.8 Å². The number of ether oxygens (including phenoxy) is 2. The third-order valence-corrected chi connectivity index (χ3v) is 6.82. The summed E-state index contributed by atoms with van der Waals surface area (Å²) in [5.41, 5.74) is -1.87. The van der Waals surface area contributed by atoms with Crippen molar-refractivity contribution in [2.75, 3.05) is 19.8 Å². The summed E-state index contributed by atoms with van der Waals surface area (Å²) in [5.74, 6) is -2.53. The van der Waals surface area contributed by atoms with E-state index in [1.54, 1.807) is 13.8 Å². The highest BCUT2D eigenvalue weighted by Crippen LogP contribution is 2.63. The molecule has 0 saturated carbocycles. The highest BCUT2D eigenvalue weighted by molar-refractivity contribution is 5.98. The Hall–Kier alpha value is -1.67. The Morgan fingerprint density at radius 1 is 1.34 bits per heavy atom. The van der Waals surface area contributed by atoms with Crippen LogP contribution in [0.25, 0.3) is 0 Å². The molecule has 2 N–H and O–H groups in total. The summed E-state index contributed by atoms with van der Waals surface area (Å²) < 4.78 is 11.7. The van der Waals surface area contributed by atoms with Crippen molar-refractivity contribution >= 4 is 17.8 Å². The molecule has 2 amide bonds. The van der Waals surface area contributed by atoms with Crippen LogP contribution < -0.4 is 5.32 Å². The molecule has 0 aromatic heterocycles. The van der Waals surface area contributed by atoms with Gasteiger partial charge in [-0.15, -0.1) is 0 Å². The van der Waals surface area contributed by atoms with Gasteiger partial charge in [0.1, 0.15) is 17.6 Å². The molecule has 1 spiro atoms. The number of rotatable bonds is 9. The summed E-state index contributed by atoms with van der Waals surface area (Å²) in [6.45, 7) is 7.84. The molecular formula is C21H34N2O6. The lowest BCUT2D eigenvalue weighted by molar-refractivity contribution is -0.160. The van der Waals surface area contributed by atoms with E-state index in [1.807, 2.05) is 6.92 Å². The molecule has 164 valence electrons. The van der Waals surface area contributed by atoms with Gasteiger partial charge in [-0.25, -0.2) is 0 Å². The van der Waals surface area contributed by atoms with Crippen LogP contribution >= 0.6 is 0 Å². The lowest BCUT2D eigenvalue weighted by Crippen LogP contribution is -2.57. The van der Waals surface area contributed by atoms with Crippen molar-refractivity contribution in [1.82, 2.24) is 10.2 Å². The van der Waals surface area contributed by atoms with Gasteiger partial charge in [-0.1, -0.05) is 19.8 Å². The lowest BCUT2D eigenvalue weighted by atomic mass is 9.66. The predicted octanol–water partition coefficient (Wildman–Crippen LogP) is 1.00. The van der Waals surface area contributed by atoms with Gasteiger partial charge < -0.3 is 24.8 Å². The van der Waals surface area contributed by atoms with Gasteiger partial charge >= 0.3 is 5.97 Å². The minimum absolute atomic E-state index is 0.220. The highest BCUT2D eigenvalue weighted by Gasteiger charge is 2.78. The molecule has 29 heavy (non-hydrogen) atoms. The molecule has 3 aliphatic rings. The first-order valence-electron chi connectivity index (χ1n) is 10.8. The second kappa shape index (κ2) is 8.22. The highest BCUT2D eigenvalue weighted by atomic mass is 16.6. The van der Waals surface area contributed by atoms with Crippen LogP contribution in [-0.2, 0) is 23.9 Å². The topological polar surface area (TPSA) is 105 Å². The van der Waals surface area contributed by atoms with Crippen LogP contribution in [-0.4, -0.2) is 70.8 Å². The summed E-state index contributed by atoms with van der Waals surface area (Å²) in [5, 5.41) is 12.7. The average Bonchev–Trinajstić information content (AvgIpc) is 3.25. The SMILES string of the molecule is CCCCCNC(=O)C1N([C@H](C)CO)C(=O)[C@@H]2[C@@H](C(=O)OCC)[C@@]3(C)CCC12O3. The molecule has 3 heterocycles. The molecule has 0 radical (unpaired) electrons. The van der Waals surface area contributed by atoms with Gasteiger partial charge in [0.25, 0.3) is 0 Å². The van der Waals surface area contributed by atoms with Crippen LogP contribution in [0.5, 0.6) is 0 Å². The zero-order valence-corrected chi connectivity index (χ0v) is 17.9. The zero-order valence-electron chi connectivity index (χ0n) is 17.9. The number of fused-ring (bicyclic) bond motifs is 1. The van der Waals surface area contributed by atoms with Gasteiger partial charge in [-0.2, -0.15) is 0 Å². The minimum Gasteiger partial charge on any atom is -0.466 e. The van der Waals surface area contributed by atoms with Crippen molar-refractivity contribution in [1.29, 1.82) is 0 Å². The molecule has 0 aromatic rings. The molecule has 2 unspecified atom stereocenters. The third kappa shape index (κ3) is 3.34. The molecule has 8 nitrogen and oxygen atoms in total. The number of carbonyl (C=O) groups is 3. The maximum Gasteiger partial charge on any atom is 0.312 e. The minimum atomic E-state index is -1.05. The lowest BCUT2D eigenvalue weighted by Gasteiger charge is -2.35. The fraction of sp³-hybridized carbons (Fsp3) is 0.857. The number of likely N-dealkylation sites (tertiary alicyclic amines) is 1. The van der Waals surface area contributed by atoms with E-state index < -0.39 is 41.1 Å². The van der Waals surface area contributed by atoms with Crippen LogP contribution in [0.3, 0.4) is 0 Å². The molecular weight excluding hydrogens is 376 g/mol. The van der Waals surface area contributed by atoms with Crippen molar-refractivity contribution < 1.29 is 29.0 Å². The summed E-state index contributed by atoms with van der Waals surface area (Å²) >= 11 is 0. The quantitative estimate of drug-likeness (QED) is 0.434. The van der Waals surface area contributed by atoms with E-state index in [4.69, 9.17) is 9.47 Å². The number of amides is 2. The third-order valence-electron chi connectivity index (χ3n) is 6.82. The standard InChI is InChI=1S/C21H34N2O6/c1-5-7-8-11-22-17(25)16-21-10-9-20(4,29-21)15(19(27)28-6-2)14(21)18(26)23(16)13(3)12-24/h13-16,24H,5-12H2,1-4H3,(H,22,25)/t13-,14+,15+,16?,20-,21?/m1/s1. The Labute approximate surface area is 172 Å². The maximum atomic E-state index is 13.5. The molecule has 0 aliphatic carbocycles. The number of nitrogens with zero attached hydrogens (tertiary/aromatic N) is 1. The number of unbranched alkanes of at least 4 members (excludes halogenated alkanes) is 2. The van der Waals surface area contributed by atoms with E-state index in [0.29, 0.717) is 19.4 Å². The summed E-state index contributed by atoms with van der Waals surface area (Å²) in [6, 6.07) is -1.41. The Balaban J connectivity index is 1.95. The first kappa shape index (κ1) is 22.0. The van der Waals surface area contributed by atoms with Gasteiger partial charge in [0.2, 0.25) is 11.8 Å². The molecule has 3 fully saturated rings. The molecule has 3 aliphatic heterocycles. The average molecular weight is 411 g/mol. The van der Waals surface area contributed by atoms with Crippen LogP contribution in [0.1, 0.15) is 59.8 Å². The first-order valence-corrected chi connectivity index (χ1v) is 10.8. The molecule has 0 aromatic carbocycles.